The molecule has 2 rings (SSSR count). The molecule has 0 aromatic heterocycles. The Kier molecular flexibility index (Phi) is 4.23. The Morgan fingerprint density at radius 3 is 2.58 bits per heavy atom. The molecule has 0 bridgehead atoms. The Bertz CT molecular complexity index is 531. The molecule has 0 saturated carbocycles. The summed E-state index contributed by atoms with van der Waals surface area (Å²) < 4.78 is 18.9. The van der Waals surface area contributed by atoms with E-state index in [0.29, 0.717) is 18.8 Å². The Balaban J connectivity index is 1.86. The lowest BCUT2D eigenvalue weighted by Gasteiger charge is -2.19. The molecule has 0 aliphatic heterocycles. The lowest BCUT2D eigenvalue weighted by molar-refractivity contribution is 0.309. The van der Waals surface area contributed by atoms with E-state index in [0.717, 1.165) is 5.69 Å². The summed E-state index contributed by atoms with van der Waals surface area (Å²) in [6.45, 7) is 1.08. The quantitative estimate of drug-likeness (QED) is 0.840. The first-order valence-corrected chi connectivity index (χ1v) is 6.11. The summed E-state index contributed by atoms with van der Waals surface area (Å²) in [4.78, 5) is 2.05. The van der Waals surface area contributed by atoms with E-state index in [1.807, 2.05) is 37.4 Å². The van der Waals surface area contributed by atoms with E-state index in [4.69, 9.17) is 10.5 Å². The van der Waals surface area contributed by atoms with E-state index < -0.39 is 5.82 Å². The third-order valence-corrected chi connectivity index (χ3v) is 2.84. The van der Waals surface area contributed by atoms with Crippen molar-refractivity contribution in [2.24, 2.45) is 0 Å². The Labute approximate surface area is 112 Å². The number of benzene rings is 2. The number of nitrogen functional groups attached to an aromatic ring is 1. The molecule has 0 unspecified atom stereocenters. The van der Waals surface area contributed by atoms with Gasteiger partial charge < -0.3 is 15.4 Å². The molecule has 19 heavy (non-hydrogen) atoms. The van der Waals surface area contributed by atoms with Crippen molar-refractivity contribution in [3.8, 4) is 5.75 Å². The number of likely N-dealkylation sites (N-methyl/N-ethyl adjacent to an activating group) is 1. The summed E-state index contributed by atoms with van der Waals surface area (Å²) >= 11 is 0. The zero-order valence-electron chi connectivity index (χ0n) is 10.8. The minimum Gasteiger partial charge on any atom is -0.489 e. The molecule has 0 atom stereocenters. The minimum atomic E-state index is -0.428. The fourth-order valence-corrected chi connectivity index (χ4v) is 1.74. The first-order valence-electron chi connectivity index (χ1n) is 6.11. The normalized spacial score (nSPS) is 10.2. The zero-order valence-corrected chi connectivity index (χ0v) is 10.8. The maximum atomic E-state index is 13.5. The van der Waals surface area contributed by atoms with Crippen LogP contribution in [0.25, 0.3) is 0 Å². The number of halogens is 1. The number of rotatable bonds is 5. The number of ether oxygens (including phenoxy) is 1. The van der Waals surface area contributed by atoms with Gasteiger partial charge in [-0.25, -0.2) is 4.39 Å². The summed E-state index contributed by atoms with van der Waals surface area (Å²) in [6.07, 6.45) is 0. The summed E-state index contributed by atoms with van der Waals surface area (Å²) in [5.41, 5.74) is 6.97. The van der Waals surface area contributed by atoms with E-state index in [2.05, 4.69) is 4.90 Å². The molecule has 0 spiro atoms. The van der Waals surface area contributed by atoms with Crippen molar-refractivity contribution in [2.45, 2.75) is 0 Å². The maximum Gasteiger partial charge on any atom is 0.167 e. The predicted octanol–water partition coefficient (Wildman–Crippen LogP) is 2.92. The molecule has 2 aromatic rings. The second-order valence-corrected chi connectivity index (χ2v) is 4.30. The second kappa shape index (κ2) is 6.09. The number of anilines is 2. The Morgan fingerprint density at radius 1 is 1.16 bits per heavy atom. The molecule has 3 nitrogen and oxygen atoms in total. The second-order valence-electron chi connectivity index (χ2n) is 4.30. The number of nitrogens with two attached hydrogens (primary N) is 1. The van der Waals surface area contributed by atoms with Gasteiger partial charge in [-0.2, -0.15) is 0 Å². The first-order chi connectivity index (χ1) is 9.16. The van der Waals surface area contributed by atoms with E-state index in [1.165, 1.54) is 6.07 Å². The molecule has 0 aliphatic rings. The van der Waals surface area contributed by atoms with Gasteiger partial charge in [-0.3, -0.25) is 0 Å². The van der Waals surface area contributed by atoms with Gasteiger partial charge in [0, 0.05) is 24.5 Å². The highest BCUT2D eigenvalue weighted by Gasteiger charge is 2.04. The van der Waals surface area contributed by atoms with Crippen molar-refractivity contribution < 1.29 is 9.13 Å². The van der Waals surface area contributed by atoms with Gasteiger partial charge in [0.05, 0.1) is 6.54 Å². The van der Waals surface area contributed by atoms with Crippen molar-refractivity contribution in [2.75, 3.05) is 30.8 Å². The van der Waals surface area contributed by atoms with Crippen LogP contribution in [0.15, 0.2) is 48.5 Å². The van der Waals surface area contributed by atoms with Crippen LogP contribution in [0, 0.1) is 5.82 Å². The van der Waals surface area contributed by atoms with Gasteiger partial charge in [0.25, 0.3) is 0 Å². The summed E-state index contributed by atoms with van der Waals surface area (Å²) in [7, 11) is 1.97. The smallest absolute Gasteiger partial charge is 0.167 e. The molecular formula is C15H17FN2O. The van der Waals surface area contributed by atoms with Crippen molar-refractivity contribution in [3.63, 3.8) is 0 Å². The summed E-state index contributed by atoms with van der Waals surface area (Å²) in [5, 5.41) is 0. The number of para-hydroxylation sites is 1. The van der Waals surface area contributed by atoms with Crippen molar-refractivity contribution in [3.05, 3.63) is 54.3 Å². The van der Waals surface area contributed by atoms with Gasteiger partial charge in [0.2, 0.25) is 0 Å². The maximum absolute atomic E-state index is 13.5. The Hall–Kier alpha value is -2.23. The van der Waals surface area contributed by atoms with E-state index in [9.17, 15) is 4.39 Å². The van der Waals surface area contributed by atoms with Crippen molar-refractivity contribution >= 4 is 11.4 Å². The van der Waals surface area contributed by atoms with Crippen LogP contribution in [-0.4, -0.2) is 20.2 Å². The minimum absolute atomic E-state index is 0.232. The number of hydrogen-bond donors (Lipinski definition) is 1. The highest BCUT2D eigenvalue weighted by Crippen LogP contribution is 2.19. The lowest BCUT2D eigenvalue weighted by Crippen LogP contribution is -2.23. The van der Waals surface area contributed by atoms with E-state index in [1.54, 1.807) is 12.1 Å². The van der Waals surface area contributed by atoms with Crippen LogP contribution in [0.4, 0.5) is 15.8 Å². The van der Waals surface area contributed by atoms with Crippen LogP contribution in [0.3, 0.4) is 0 Å². The van der Waals surface area contributed by atoms with Crippen LogP contribution in [0.2, 0.25) is 0 Å². The third kappa shape index (κ3) is 3.61. The molecule has 100 valence electrons. The lowest BCUT2D eigenvalue weighted by atomic mass is 10.3. The van der Waals surface area contributed by atoms with Gasteiger partial charge in [0.1, 0.15) is 6.61 Å². The van der Waals surface area contributed by atoms with Gasteiger partial charge in [-0.1, -0.05) is 18.2 Å². The molecule has 2 aromatic carbocycles. The van der Waals surface area contributed by atoms with Gasteiger partial charge >= 0.3 is 0 Å². The molecule has 0 aliphatic carbocycles. The largest absolute Gasteiger partial charge is 0.489 e. The molecule has 0 fully saturated rings. The molecular weight excluding hydrogens is 243 g/mol. The van der Waals surface area contributed by atoms with Crippen LogP contribution in [0.5, 0.6) is 5.75 Å². The van der Waals surface area contributed by atoms with Gasteiger partial charge in [-0.05, 0) is 24.3 Å². The Morgan fingerprint density at radius 2 is 1.89 bits per heavy atom. The average molecular weight is 260 g/mol. The average Bonchev–Trinajstić information content (AvgIpc) is 2.42. The third-order valence-electron chi connectivity index (χ3n) is 2.84. The van der Waals surface area contributed by atoms with E-state index >= 15 is 0 Å². The van der Waals surface area contributed by atoms with Crippen LogP contribution < -0.4 is 15.4 Å². The predicted molar refractivity (Wildman–Crippen MR) is 76.0 cm³/mol. The summed E-state index contributed by atoms with van der Waals surface area (Å²) in [5.74, 6) is -0.196. The van der Waals surface area contributed by atoms with Crippen LogP contribution in [-0.2, 0) is 0 Å². The SMILES string of the molecule is CN(CCOc1ccc(N)cc1F)c1ccccc1. The standard InChI is InChI=1S/C15H17FN2O/c1-18(13-5-3-2-4-6-13)9-10-19-15-8-7-12(17)11-14(15)16/h2-8,11H,9-10,17H2,1H3. The molecule has 0 radical (unpaired) electrons. The topological polar surface area (TPSA) is 38.5 Å². The van der Waals surface area contributed by atoms with Crippen LogP contribution in [0.1, 0.15) is 0 Å². The number of nitrogens with zero attached hydrogens (tertiary/aromatic N) is 1. The summed E-state index contributed by atoms with van der Waals surface area (Å²) in [6, 6.07) is 14.4. The highest BCUT2D eigenvalue weighted by atomic mass is 19.1. The molecule has 2 N–H and O–H groups in total. The molecule has 0 heterocycles. The van der Waals surface area contributed by atoms with Crippen LogP contribution >= 0.6 is 0 Å². The first kappa shape index (κ1) is 13.2. The highest BCUT2D eigenvalue weighted by molar-refractivity contribution is 5.45. The fraction of sp³-hybridized carbons (Fsp3) is 0.200. The van der Waals surface area contributed by atoms with E-state index in [-0.39, 0.29) is 5.75 Å². The fourth-order valence-electron chi connectivity index (χ4n) is 1.74. The van der Waals surface area contributed by atoms with Gasteiger partial charge in [0.15, 0.2) is 11.6 Å². The molecule has 0 amide bonds. The monoisotopic (exact) mass is 260 g/mol. The van der Waals surface area contributed by atoms with Gasteiger partial charge in [-0.15, -0.1) is 0 Å². The molecule has 0 saturated heterocycles. The zero-order chi connectivity index (χ0) is 13.7. The number of hydrogen-bond acceptors (Lipinski definition) is 3. The molecule has 4 heteroatoms. The van der Waals surface area contributed by atoms with Crippen molar-refractivity contribution in [1.29, 1.82) is 0 Å². The van der Waals surface area contributed by atoms with Crippen molar-refractivity contribution in [1.82, 2.24) is 0 Å².